The smallest absolute Gasteiger partial charge is 0.462 e. The highest BCUT2D eigenvalue weighted by molar-refractivity contribution is 5.90. The Balaban J connectivity index is 3.02. The third-order valence-corrected chi connectivity index (χ3v) is 1.65. The lowest BCUT2D eigenvalue weighted by molar-refractivity contribution is -0.212. The number of nitrogens with zero attached hydrogens (tertiary/aromatic N) is 2. The van der Waals surface area contributed by atoms with E-state index in [2.05, 4.69) is 9.84 Å². The van der Waals surface area contributed by atoms with E-state index in [9.17, 15) is 18.0 Å². The normalized spacial score (nSPS) is 11.5. The molecule has 1 aromatic heterocycles. The van der Waals surface area contributed by atoms with E-state index in [0.717, 1.165) is 0 Å². The van der Waals surface area contributed by atoms with E-state index in [-0.39, 0.29) is 22.5 Å². The summed E-state index contributed by atoms with van der Waals surface area (Å²) < 4.78 is 40.9. The van der Waals surface area contributed by atoms with Gasteiger partial charge in [-0.15, -0.1) is 13.2 Å². The van der Waals surface area contributed by atoms with E-state index in [1.54, 1.807) is 6.92 Å². The van der Waals surface area contributed by atoms with Gasteiger partial charge in [0, 0.05) is 6.20 Å². The lowest BCUT2D eigenvalue weighted by atomic mass is 10.3. The standard InChI is InChI=1S/C8H9F3N2O2/c1-3-15-7(14)6-4-13(8(9,10)11)12-5(6)2/h4H,3H2,1-2H3. The van der Waals surface area contributed by atoms with Crippen molar-refractivity contribution >= 4 is 5.97 Å². The van der Waals surface area contributed by atoms with Gasteiger partial charge >= 0.3 is 12.3 Å². The first kappa shape index (κ1) is 11.5. The van der Waals surface area contributed by atoms with Gasteiger partial charge in [-0.05, 0) is 13.8 Å². The Kier molecular flexibility index (Phi) is 3.01. The maximum atomic E-state index is 12.2. The summed E-state index contributed by atoms with van der Waals surface area (Å²) in [5.74, 6) is -0.800. The number of halogens is 3. The molecule has 0 unspecified atom stereocenters. The highest BCUT2D eigenvalue weighted by Crippen LogP contribution is 2.22. The van der Waals surface area contributed by atoms with Crippen molar-refractivity contribution in [3.8, 4) is 0 Å². The van der Waals surface area contributed by atoms with Crippen LogP contribution >= 0.6 is 0 Å². The molecule has 0 N–H and O–H groups in total. The van der Waals surface area contributed by atoms with E-state index in [1.807, 2.05) is 0 Å². The Morgan fingerprint density at radius 3 is 2.60 bits per heavy atom. The number of aryl methyl sites for hydroxylation is 1. The van der Waals surface area contributed by atoms with E-state index in [4.69, 9.17) is 0 Å². The van der Waals surface area contributed by atoms with Crippen LogP contribution in [-0.2, 0) is 11.0 Å². The van der Waals surface area contributed by atoms with Crippen LogP contribution in [0.4, 0.5) is 13.2 Å². The number of alkyl halides is 3. The van der Waals surface area contributed by atoms with Gasteiger partial charge in [-0.25, -0.2) is 4.79 Å². The molecule has 0 radical (unpaired) electrons. The second-order valence-electron chi connectivity index (χ2n) is 2.76. The first-order valence-corrected chi connectivity index (χ1v) is 4.17. The minimum atomic E-state index is -4.62. The number of aromatic nitrogens is 2. The Morgan fingerprint density at radius 1 is 1.60 bits per heavy atom. The van der Waals surface area contributed by atoms with Crippen LogP contribution in [0.3, 0.4) is 0 Å². The molecule has 0 fully saturated rings. The van der Waals surface area contributed by atoms with Gasteiger partial charge in [0.2, 0.25) is 0 Å². The zero-order valence-electron chi connectivity index (χ0n) is 8.13. The summed E-state index contributed by atoms with van der Waals surface area (Å²) in [6, 6.07) is 0. The number of carbonyl (C=O) groups excluding carboxylic acids is 1. The fourth-order valence-corrected chi connectivity index (χ4v) is 0.999. The van der Waals surface area contributed by atoms with Gasteiger partial charge in [0.15, 0.2) is 0 Å². The minimum Gasteiger partial charge on any atom is -0.462 e. The second kappa shape index (κ2) is 3.92. The third-order valence-electron chi connectivity index (χ3n) is 1.65. The van der Waals surface area contributed by atoms with Crippen molar-refractivity contribution in [1.29, 1.82) is 0 Å². The first-order chi connectivity index (χ1) is 6.86. The maximum Gasteiger partial charge on any atom is 0.504 e. The molecule has 84 valence electrons. The summed E-state index contributed by atoms with van der Waals surface area (Å²) in [4.78, 5) is 11.2. The molecule has 0 saturated heterocycles. The largest absolute Gasteiger partial charge is 0.504 e. The quantitative estimate of drug-likeness (QED) is 0.717. The van der Waals surface area contributed by atoms with Crippen molar-refractivity contribution in [1.82, 2.24) is 9.78 Å². The molecule has 0 aliphatic heterocycles. The summed E-state index contributed by atoms with van der Waals surface area (Å²) in [6.45, 7) is 2.99. The molecule has 1 rings (SSSR count). The van der Waals surface area contributed by atoms with E-state index < -0.39 is 12.3 Å². The molecule has 0 aliphatic carbocycles. The molecule has 0 amide bonds. The van der Waals surface area contributed by atoms with Crippen molar-refractivity contribution in [3.05, 3.63) is 17.5 Å². The van der Waals surface area contributed by atoms with Gasteiger partial charge in [0.25, 0.3) is 0 Å². The zero-order valence-corrected chi connectivity index (χ0v) is 8.13. The van der Waals surface area contributed by atoms with Gasteiger partial charge in [-0.1, -0.05) is 0 Å². The first-order valence-electron chi connectivity index (χ1n) is 4.17. The van der Waals surface area contributed by atoms with E-state index in [1.165, 1.54) is 6.92 Å². The fourth-order valence-electron chi connectivity index (χ4n) is 0.999. The van der Waals surface area contributed by atoms with Crippen LogP contribution in [0.15, 0.2) is 6.20 Å². The summed E-state index contributed by atoms with van der Waals surface area (Å²) in [5.41, 5.74) is -0.181. The number of carbonyl (C=O) groups is 1. The number of hydrogen-bond acceptors (Lipinski definition) is 3. The van der Waals surface area contributed by atoms with Crippen LogP contribution in [0.1, 0.15) is 23.0 Å². The number of ether oxygens (including phenoxy) is 1. The molecule has 0 aromatic carbocycles. The lowest BCUT2D eigenvalue weighted by Crippen LogP contribution is -2.17. The Hall–Kier alpha value is -1.53. The number of rotatable bonds is 2. The average molecular weight is 222 g/mol. The Labute approximate surface area is 83.6 Å². The van der Waals surface area contributed by atoms with E-state index in [0.29, 0.717) is 6.20 Å². The summed E-state index contributed by atoms with van der Waals surface area (Å²) >= 11 is 0. The van der Waals surface area contributed by atoms with Crippen LogP contribution in [0, 0.1) is 6.92 Å². The topological polar surface area (TPSA) is 44.1 Å². The third kappa shape index (κ3) is 2.48. The Bertz CT molecular complexity index is 370. The van der Waals surface area contributed by atoms with Crippen LogP contribution in [0.5, 0.6) is 0 Å². The van der Waals surface area contributed by atoms with Crippen molar-refractivity contribution in [2.75, 3.05) is 6.61 Å². The van der Waals surface area contributed by atoms with Gasteiger partial charge in [-0.3, -0.25) is 0 Å². The van der Waals surface area contributed by atoms with Crippen molar-refractivity contribution < 1.29 is 22.7 Å². The van der Waals surface area contributed by atoms with E-state index >= 15 is 0 Å². The molecule has 0 spiro atoms. The summed E-state index contributed by atoms with van der Waals surface area (Å²) in [6.07, 6.45) is -4.00. The molecule has 0 saturated carbocycles. The number of esters is 1. The van der Waals surface area contributed by atoms with Gasteiger partial charge in [0.1, 0.15) is 5.56 Å². The minimum absolute atomic E-state index is 0.00854. The molecule has 7 heteroatoms. The highest BCUT2D eigenvalue weighted by Gasteiger charge is 2.33. The summed E-state index contributed by atoms with van der Waals surface area (Å²) in [7, 11) is 0. The molecule has 1 heterocycles. The van der Waals surface area contributed by atoms with Crippen LogP contribution in [-0.4, -0.2) is 22.4 Å². The molecule has 0 atom stereocenters. The molecule has 0 bridgehead atoms. The molecule has 4 nitrogen and oxygen atoms in total. The Morgan fingerprint density at radius 2 is 2.20 bits per heavy atom. The summed E-state index contributed by atoms with van der Waals surface area (Å²) in [5, 5.41) is 3.18. The second-order valence-corrected chi connectivity index (χ2v) is 2.76. The molecule has 0 aliphatic rings. The molecule has 15 heavy (non-hydrogen) atoms. The predicted molar refractivity (Wildman–Crippen MR) is 44.2 cm³/mol. The highest BCUT2D eigenvalue weighted by atomic mass is 19.4. The predicted octanol–water partition coefficient (Wildman–Crippen LogP) is 1.84. The number of hydrogen-bond donors (Lipinski definition) is 0. The van der Waals surface area contributed by atoms with Crippen molar-refractivity contribution in [2.24, 2.45) is 0 Å². The van der Waals surface area contributed by atoms with Gasteiger partial charge < -0.3 is 4.74 Å². The van der Waals surface area contributed by atoms with Gasteiger partial charge in [-0.2, -0.15) is 9.78 Å². The zero-order chi connectivity index (χ0) is 11.6. The molecular weight excluding hydrogens is 213 g/mol. The molecule has 1 aromatic rings. The average Bonchev–Trinajstić information content (AvgIpc) is 2.47. The van der Waals surface area contributed by atoms with Crippen LogP contribution in [0.2, 0.25) is 0 Å². The maximum absolute atomic E-state index is 12.2. The SMILES string of the molecule is CCOC(=O)c1cn(C(F)(F)F)nc1C. The monoisotopic (exact) mass is 222 g/mol. The van der Waals surface area contributed by atoms with Crippen LogP contribution < -0.4 is 0 Å². The lowest BCUT2D eigenvalue weighted by Gasteiger charge is -2.03. The van der Waals surface area contributed by atoms with Crippen molar-refractivity contribution in [3.63, 3.8) is 0 Å². The van der Waals surface area contributed by atoms with Crippen molar-refractivity contribution in [2.45, 2.75) is 20.1 Å². The van der Waals surface area contributed by atoms with Gasteiger partial charge in [0.05, 0.1) is 12.3 Å². The van der Waals surface area contributed by atoms with Crippen LogP contribution in [0.25, 0.3) is 0 Å². The molecular formula is C8H9F3N2O2. The fraction of sp³-hybridized carbons (Fsp3) is 0.500.